The van der Waals surface area contributed by atoms with Gasteiger partial charge in [-0.2, -0.15) is 0 Å². The van der Waals surface area contributed by atoms with Crippen molar-refractivity contribution in [1.29, 1.82) is 0 Å². The van der Waals surface area contributed by atoms with Crippen LogP contribution in [0.1, 0.15) is 39.0 Å². The van der Waals surface area contributed by atoms with Crippen molar-refractivity contribution in [3.8, 4) is 0 Å². The molecular weight excluding hydrogens is 232 g/mol. The quantitative estimate of drug-likeness (QED) is 0.559. The Kier molecular flexibility index (Phi) is 5.63. The third kappa shape index (κ3) is 4.69. The van der Waals surface area contributed by atoms with Crippen molar-refractivity contribution >= 4 is 0 Å². The SMILES string of the molecule is C/C(=C\COC1CCCCO1)CC[C@H]1O[C@@H]1CO. The second-order valence-corrected chi connectivity index (χ2v) is 5.11. The Morgan fingerprint density at radius 3 is 2.94 bits per heavy atom. The minimum absolute atomic E-state index is 0.00617. The van der Waals surface area contributed by atoms with E-state index in [0.29, 0.717) is 6.61 Å². The van der Waals surface area contributed by atoms with Gasteiger partial charge in [-0.1, -0.05) is 11.6 Å². The summed E-state index contributed by atoms with van der Waals surface area (Å²) in [6.45, 7) is 3.72. The van der Waals surface area contributed by atoms with Crippen LogP contribution in [-0.2, 0) is 14.2 Å². The van der Waals surface area contributed by atoms with Crippen molar-refractivity contribution in [1.82, 2.24) is 0 Å². The maximum atomic E-state index is 8.85. The summed E-state index contributed by atoms with van der Waals surface area (Å²) in [4.78, 5) is 0. The van der Waals surface area contributed by atoms with Gasteiger partial charge in [0.05, 0.1) is 19.3 Å². The summed E-state index contributed by atoms with van der Waals surface area (Å²) in [6.07, 6.45) is 7.84. The molecule has 0 saturated carbocycles. The summed E-state index contributed by atoms with van der Waals surface area (Å²) in [7, 11) is 0. The van der Waals surface area contributed by atoms with Gasteiger partial charge in [0.1, 0.15) is 6.10 Å². The summed E-state index contributed by atoms with van der Waals surface area (Å²) in [6, 6.07) is 0. The van der Waals surface area contributed by atoms with E-state index in [2.05, 4.69) is 13.0 Å². The van der Waals surface area contributed by atoms with Crippen LogP contribution in [0, 0.1) is 0 Å². The lowest BCUT2D eigenvalue weighted by Gasteiger charge is -2.22. The first-order valence-electron chi connectivity index (χ1n) is 6.94. The third-order valence-corrected chi connectivity index (χ3v) is 3.54. The number of hydrogen-bond acceptors (Lipinski definition) is 4. The van der Waals surface area contributed by atoms with Gasteiger partial charge < -0.3 is 19.3 Å². The largest absolute Gasteiger partial charge is 0.394 e. The minimum atomic E-state index is -0.00617. The molecule has 2 saturated heterocycles. The Morgan fingerprint density at radius 1 is 1.39 bits per heavy atom. The molecule has 3 atom stereocenters. The maximum absolute atomic E-state index is 8.85. The molecule has 0 aliphatic carbocycles. The zero-order valence-corrected chi connectivity index (χ0v) is 11.1. The summed E-state index contributed by atoms with van der Waals surface area (Å²) >= 11 is 0. The Balaban J connectivity index is 1.54. The first-order chi connectivity index (χ1) is 8.79. The first kappa shape index (κ1) is 14.0. The molecule has 2 rings (SSSR count). The fourth-order valence-corrected chi connectivity index (χ4v) is 2.21. The van der Waals surface area contributed by atoms with Crippen LogP contribution in [0.4, 0.5) is 0 Å². The molecule has 2 aliphatic heterocycles. The predicted octanol–water partition coefficient (Wildman–Crippen LogP) is 2.02. The molecule has 0 aromatic heterocycles. The van der Waals surface area contributed by atoms with Gasteiger partial charge in [-0.3, -0.25) is 0 Å². The Labute approximate surface area is 109 Å². The van der Waals surface area contributed by atoms with Gasteiger partial charge in [-0.05, 0) is 39.0 Å². The van der Waals surface area contributed by atoms with Crippen molar-refractivity contribution < 1.29 is 19.3 Å². The van der Waals surface area contributed by atoms with E-state index >= 15 is 0 Å². The van der Waals surface area contributed by atoms with Crippen LogP contribution in [0.5, 0.6) is 0 Å². The smallest absolute Gasteiger partial charge is 0.157 e. The number of aliphatic hydroxyl groups excluding tert-OH is 1. The van der Waals surface area contributed by atoms with Gasteiger partial charge in [0, 0.05) is 6.61 Å². The second-order valence-electron chi connectivity index (χ2n) is 5.11. The highest BCUT2D eigenvalue weighted by molar-refractivity contribution is 5.00. The van der Waals surface area contributed by atoms with E-state index in [-0.39, 0.29) is 25.1 Å². The van der Waals surface area contributed by atoms with E-state index in [0.717, 1.165) is 32.3 Å². The Morgan fingerprint density at radius 2 is 2.28 bits per heavy atom. The highest BCUT2D eigenvalue weighted by Gasteiger charge is 2.37. The van der Waals surface area contributed by atoms with Gasteiger partial charge in [0.2, 0.25) is 0 Å². The maximum Gasteiger partial charge on any atom is 0.157 e. The molecule has 4 heteroatoms. The average molecular weight is 256 g/mol. The number of hydrogen-bond donors (Lipinski definition) is 1. The van der Waals surface area contributed by atoms with Crippen LogP contribution in [0.15, 0.2) is 11.6 Å². The zero-order valence-electron chi connectivity index (χ0n) is 11.1. The summed E-state index contributed by atoms with van der Waals surface area (Å²) in [5.41, 5.74) is 1.32. The van der Waals surface area contributed by atoms with Crippen molar-refractivity contribution in [2.45, 2.75) is 57.5 Å². The van der Waals surface area contributed by atoms with E-state index in [1.165, 1.54) is 12.0 Å². The highest BCUT2D eigenvalue weighted by atomic mass is 16.7. The van der Waals surface area contributed by atoms with Gasteiger partial charge in [0.25, 0.3) is 0 Å². The molecule has 4 nitrogen and oxygen atoms in total. The lowest BCUT2D eigenvalue weighted by molar-refractivity contribution is -0.155. The lowest BCUT2D eigenvalue weighted by Crippen LogP contribution is -2.22. The summed E-state index contributed by atoms with van der Waals surface area (Å²) in [5, 5.41) is 8.85. The molecule has 1 unspecified atom stereocenters. The van der Waals surface area contributed by atoms with E-state index in [9.17, 15) is 0 Å². The molecule has 0 aromatic rings. The number of epoxide rings is 1. The van der Waals surface area contributed by atoms with Crippen molar-refractivity contribution in [2.24, 2.45) is 0 Å². The van der Waals surface area contributed by atoms with Crippen molar-refractivity contribution in [3.63, 3.8) is 0 Å². The summed E-state index contributed by atoms with van der Waals surface area (Å²) in [5.74, 6) is 0. The molecule has 0 amide bonds. The predicted molar refractivity (Wildman–Crippen MR) is 68.3 cm³/mol. The van der Waals surface area contributed by atoms with Crippen LogP contribution < -0.4 is 0 Å². The van der Waals surface area contributed by atoms with Gasteiger partial charge in [-0.15, -0.1) is 0 Å². The second kappa shape index (κ2) is 7.24. The highest BCUT2D eigenvalue weighted by Crippen LogP contribution is 2.27. The molecule has 2 aliphatic rings. The topological polar surface area (TPSA) is 51.2 Å². The molecule has 2 fully saturated rings. The molecule has 0 radical (unpaired) electrons. The zero-order chi connectivity index (χ0) is 12.8. The van der Waals surface area contributed by atoms with Crippen LogP contribution in [0.2, 0.25) is 0 Å². The Bertz CT molecular complexity index is 271. The fourth-order valence-electron chi connectivity index (χ4n) is 2.21. The number of ether oxygens (including phenoxy) is 3. The molecule has 104 valence electrons. The molecule has 0 bridgehead atoms. The molecule has 2 heterocycles. The standard InChI is InChI=1S/C14H24O4/c1-11(5-6-12-13(10-15)18-12)7-9-17-14-4-2-3-8-16-14/h7,12-15H,2-6,8-10H2,1H3/b11-7+/t12-,13-,14?/m1/s1. The number of allylic oxidation sites excluding steroid dienone is 1. The molecule has 0 spiro atoms. The normalized spacial score (nSPS) is 32.6. The number of aliphatic hydroxyl groups is 1. The third-order valence-electron chi connectivity index (χ3n) is 3.54. The van der Waals surface area contributed by atoms with Gasteiger partial charge in [-0.25, -0.2) is 0 Å². The van der Waals surface area contributed by atoms with Gasteiger partial charge in [0.15, 0.2) is 6.29 Å². The fraction of sp³-hybridized carbons (Fsp3) is 0.857. The van der Waals surface area contributed by atoms with Gasteiger partial charge >= 0.3 is 0 Å². The molecule has 1 N–H and O–H groups in total. The minimum Gasteiger partial charge on any atom is -0.394 e. The molecule has 18 heavy (non-hydrogen) atoms. The van der Waals surface area contributed by atoms with Crippen LogP contribution in [0.25, 0.3) is 0 Å². The van der Waals surface area contributed by atoms with E-state index < -0.39 is 0 Å². The van der Waals surface area contributed by atoms with Crippen LogP contribution in [-0.4, -0.2) is 43.4 Å². The van der Waals surface area contributed by atoms with E-state index in [1.807, 2.05) is 0 Å². The lowest BCUT2D eigenvalue weighted by atomic mass is 10.1. The van der Waals surface area contributed by atoms with E-state index in [4.69, 9.17) is 19.3 Å². The average Bonchev–Trinajstić information content (AvgIpc) is 3.16. The van der Waals surface area contributed by atoms with E-state index in [1.54, 1.807) is 0 Å². The molecular formula is C14H24O4. The van der Waals surface area contributed by atoms with Crippen LogP contribution >= 0.6 is 0 Å². The monoisotopic (exact) mass is 256 g/mol. The summed E-state index contributed by atoms with van der Waals surface area (Å²) < 4.78 is 16.4. The Hall–Kier alpha value is -0.420. The van der Waals surface area contributed by atoms with Crippen LogP contribution in [0.3, 0.4) is 0 Å². The number of rotatable bonds is 7. The van der Waals surface area contributed by atoms with Crippen molar-refractivity contribution in [3.05, 3.63) is 11.6 Å². The first-order valence-corrected chi connectivity index (χ1v) is 6.94. The van der Waals surface area contributed by atoms with Crippen molar-refractivity contribution in [2.75, 3.05) is 19.8 Å². The molecule has 0 aromatic carbocycles.